The molecule has 0 aliphatic heterocycles. The number of hydrogen-bond donors (Lipinski definition) is 1. The van der Waals surface area contributed by atoms with Crippen LogP contribution in [0.5, 0.6) is 0 Å². The van der Waals surface area contributed by atoms with E-state index in [1.165, 1.54) is 31.2 Å². The van der Waals surface area contributed by atoms with E-state index in [4.69, 9.17) is 10.5 Å². The predicted octanol–water partition coefficient (Wildman–Crippen LogP) is 3.73. The standard InChI is InChI=1S/C15H22BrNO/c16-15-7-5-12(6-8-15)10-18-11-14-4-2-1-3-13(14)9-17/h5-8,13-14H,1-4,9-11,17H2. The first-order chi connectivity index (χ1) is 8.79. The van der Waals surface area contributed by atoms with Crippen molar-refractivity contribution in [2.75, 3.05) is 13.2 Å². The lowest BCUT2D eigenvalue weighted by Crippen LogP contribution is -2.29. The summed E-state index contributed by atoms with van der Waals surface area (Å²) < 4.78 is 6.97. The third-order valence-electron chi connectivity index (χ3n) is 3.88. The normalized spacial score (nSPS) is 24.1. The molecular weight excluding hydrogens is 290 g/mol. The molecule has 0 spiro atoms. The first-order valence-corrected chi connectivity index (χ1v) is 7.61. The minimum Gasteiger partial charge on any atom is -0.376 e. The highest BCUT2D eigenvalue weighted by Gasteiger charge is 2.23. The zero-order valence-electron chi connectivity index (χ0n) is 10.8. The number of benzene rings is 1. The van der Waals surface area contributed by atoms with Gasteiger partial charge in [-0.2, -0.15) is 0 Å². The zero-order valence-corrected chi connectivity index (χ0v) is 12.4. The summed E-state index contributed by atoms with van der Waals surface area (Å²) >= 11 is 3.44. The summed E-state index contributed by atoms with van der Waals surface area (Å²) in [5.41, 5.74) is 7.07. The molecule has 2 N–H and O–H groups in total. The lowest BCUT2D eigenvalue weighted by molar-refractivity contribution is 0.0512. The first-order valence-electron chi connectivity index (χ1n) is 6.82. The van der Waals surface area contributed by atoms with E-state index in [-0.39, 0.29) is 0 Å². The van der Waals surface area contributed by atoms with Crippen LogP contribution in [0.25, 0.3) is 0 Å². The monoisotopic (exact) mass is 311 g/mol. The molecule has 0 saturated heterocycles. The molecule has 1 aromatic carbocycles. The minimum absolute atomic E-state index is 0.666. The summed E-state index contributed by atoms with van der Waals surface area (Å²) in [6.07, 6.45) is 5.24. The summed E-state index contributed by atoms with van der Waals surface area (Å²) in [5, 5.41) is 0. The molecule has 0 amide bonds. The van der Waals surface area contributed by atoms with Gasteiger partial charge in [0.1, 0.15) is 0 Å². The summed E-state index contributed by atoms with van der Waals surface area (Å²) in [4.78, 5) is 0. The van der Waals surface area contributed by atoms with Crippen molar-refractivity contribution in [2.24, 2.45) is 17.6 Å². The van der Waals surface area contributed by atoms with Crippen LogP contribution >= 0.6 is 15.9 Å². The van der Waals surface area contributed by atoms with Crippen molar-refractivity contribution >= 4 is 15.9 Å². The van der Waals surface area contributed by atoms with Gasteiger partial charge in [-0.1, -0.05) is 40.9 Å². The van der Waals surface area contributed by atoms with Crippen LogP contribution in [0.3, 0.4) is 0 Å². The predicted molar refractivity (Wildman–Crippen MR) is 78.3 cm³/mol. The lowest BCUT2D eigenvalue weighted by atomic mass is 9.80. The summed E-state index contributed by atoms with van der Waals surface area (Å²) in [5.74, 6) is 1.34. The van der Waals surface area contributed by atoms with Crippen LogP contribution in [0.4, 0.5) is 0 Å². The van der Waals surface area contributed by atoms with Gasteiger partial charge in [0.05, 0.1) is 13.2 Å². The van der Waals surface area contributed by atoms with Crippen LogP contribution in [-0.2, 0) is 11.3 Å². The Balaban J connectivity index is 1.75. The van der Waals surface area contributed by atoms with Gasteiger partial charge in [0.2, 0.25) is 0 Å². The molecule has 0 bridgehead atoms. The number of ether oxygens (including phenoxy) is 1. The van der Waals surface area contributed by atoms with Crippen LogP contribution in [0.2, 0.25) is 0 Å². The Morgan fingerprint density at radius 3 is 2.44 bits per heavy atom. The quantitative estimate of drug-likeness (QED) is 0.899. The fraction of sp³-hybridized carbons (Fsp3) is 0.600. The van der Waals surface area contributed by atoms with Crippen molar-refractivity contribution in [3.8, 4) is 0 Å². The van der Waals surface area contributed by atoms with Crippen LogP contribution < -0.4 is 5.73 Å². The molecule has 2 unspecified atom stereocenters. The number of rotatable bonds is 5. The molecule has 0 aromatic heterocycles. The van der Waals surface area contributed by atoms with E-state index < -0.39 is 0 Å². The molecular formula is C15H22BrNO. The molecule has 2 atom stereocenters. The van der Waals surface area contributed by atoms with Gasteiger partial charge < -0.3 is 10.5 Å². The average molecular weight is 312 g/mol. The molecule has 18 heavy (non-hydrogen) atoms. The molecule has 1 fully saturated rings. The Kier molecular flexibility index (Phi) is 5.67. The fourth-order valence-corrected chi connectivity index (χ4v) is 2.99. The zero-order chi connectivity index (χ0) is 12.8. The van der Waals surface area contributed by atoms with E-state index in [1.54, 1.807) is 0 Å². The van der Waals surface area contributed by atoms with Crippen LogP contribution in [-0.4, -0.2) is 13.2 Å². The van der Waals surface area contributed by atoms with Crippen molar-refractivity contribution in [1.29, 1.82) is 0 Å². The Hall–Kier alpha value is -0.380. The molecule has 2 nitrogen and oxygen atoms in total. The highest BCUT2D eigenvalue weighted by Crippen LogP contribution is 2.29. The SMILES string of the molecule is NCC1CCCCC1COCc1ccc(Br)cc1. The second-order valence-corrected chi connectivity index (χ2v) is 6.10. The van der Waals surface area contributed by atoms with E-state index in [1.807, 2.05) is 0 Å². The van der Waals surface area contributed by atoms with Gasteiger partial charge in [0, 0.05) is 4.47 Å². The Bertz CT molecular complexity index is 352. The van der Waals surface area contributed by atoms with Gasteiger partial charge in [-0.25, -0.2) is 0 Å². The van der Waals surface area contributed by atoms with E-state index in [0.29, 0.717) is 18.4 Å². The molecule has 1 aliphatic rings. The number of hydrogen-bond acceptors (Lipinski definition) is 2. The maximum atomic E-state index is 5.86. The second-order valence-electron chi connectivity index (χ2n) is 5.18. The highest BCUT2D eigenvalue weighted by atomic mass is 79.9. The second kappa shape index (κ2) is 7.27. The topological polar surface area (TPSA) is 35.2 Å². The van der Waals surface area contributed by atoms with Gasteiger partial charge in [-0.05, 0) is 48.9 Å². The van der Waals surface area contributed by atoms with Gasteiger partial charge in [-0.15, -0.1) is 0 Å². The van der Waals surface area contributed by atoms with Crippen molar-refractivity contribution in [1.82, 2.24) is 0 Å². The molecule has 0 radical (unpaired) electrons. The van der Waals surface area contributed by atoms with Gasteiger partial charge in [0.25, 0.3) is 0 Å². The number of halogens is 1. The van der Waals surface area contributed by atoms with Crippen LogP contribution in [0.1, 0.15) is 31.2 Å². The molecule has 3 heteroatoms. The van der Waals surface area contributed by atoms with Crippen molar-refractivity contribution < 1.29 is 4.74 Å². The Morgan fingerprint density at radius 2 is 1.78 bits per heavy atom. The summed E-state index contributed by atoms with van der Waals surface area (Å²) in [6, 6.07) is 8.32. The highest BCUT2D eigenvalue weighted by molar-refractivity contribution is 9.10. The van der Waals surface area contributed by atoms with E-state index >= 15 is 0 Å². The largest absolute Gasteiger partial charge is 0.376 e. The van der Waals surface area contributed by atoms with Crippen molar-refractivity contribution in [2.45, 2.75) is 32.3 Å². The van der Waals surface area contributed by atoms with Crippen molar-refractivity contribution in [3.63, 3.8) is 0 Å². The van der Waals surface area contributed by atoms with Crippen molar-refractivity contribution in [3.05, 3.63) is 34.3 Å². The molecule has 1 saturated carbocycles. The third kappa shape index (κ3) is 4.08. The fourth-order valence-electron chi connectivity index (χ4n) is 2.72. The Morgan fingerprint density at radius 1 is 1.11 bits per heavy atom. The van der Waals surface area contributed by atoms with E-state index in [2.05, 4.69) is 40.2 Å². The Labute approximate surface area is 118 Å². The van der Waals surface area contributed by atoms with E-state index in [0.717, 1.165) is 17.6 Å². The summed E-state index contributed by atoms with van der Waals surface area (Å²) in [7, 11) is 0. The van der Waals surface area contributed by atoms with Gasteiger partial charge >= 0.3 is 0 Å². The summed E-state index contributed by atoms with van der Waals surface area (Å²) in [6.45, 7) is 2.38. The smallest absolute Gasteiger partial charge is 0.0717 e. The first kappa shape index (κ1) is 14.0. The van der Waals surface area contributed by atoms with Gasteiger partial charge in [-0.3, -0.25) is 0 Å². The average Bonchev–Trinajstić information content (AvgIpc) is 2.41. The lowest BCUT2D eigenvalue weighted by Gasteiger charge is -2.30. The van der Waals surface area contributed by atoms with Gasteiger partial charge in [0.15, 0.2) is 0 Å². The molecule has 1 aliphatic carbocycles. The maximum Gasteiger partial charge on any atom is 0.0717 e. The van der Waals surface area contributed by atoms with Crippen LogP contribution in [0.15, 0.2) is 28.7 Å². The minimum atomic E-state index is 0.666. The third-order valence-corrected chi connectivity index (χ3v) is 4.41. The molecule has 100 valence electrons. The number of nitrogens with two attached hydrogens (primary N) is 1. The maximum absolute atomic E-state index is 5.86. The van der Waals surface area contributed by atoms with E-state index in [9.17, 15) is 0 Å². The molecule has 2 rings (SSSR count). The van der Waals surface area contributed by atoms with Crippen LogP contribution in [0, 0.1) is 11.8 Å². The molecule has 0 heterocycles. The molecule has 1 aromatic rings.